The quantitative estimate of drug-likeness (QED) is 0.878. The molecule has 0 saturated carbocycles. The van der Waals surface area contributed by atoms with Gasteiger partial charge in [-0.2, -0.15) is 0 Å². The Morgan fingerprint density at radius 2 is 1.95 bits per heavy atom. The van der Waals surface area contributed by atoms with Crippen LogP contribution in [0.5, 0.6) is 0 Å². The maximum atomic E-state index is 4.87. The summed E-state index contributed by atoms with van der Waals surface area (Å²) in [7, 11) is 0. The molecule has 0 aliphatic carbocycles. The minimum Gasteiger partial charge on any atom is -0.316 e. The van der Waals surface area contributed by atoms with Crippen LogP contribution in [0.1, 0.15) is 50.1 Å². The predicted octanol–water partition coefficient (Wildman–Crippen LogP) is 4.57. The second kappa shape index (κ2) is 5.90. The number of thiazole rings is 1. The Morgan fingerprint density at radius 1 is 1.19 bits per heavy atom. The van der Waals surface area contributed by atoms with Crippen molar-refractivity contribution in [3.8, 4) is 11.3 Å². The summed E-state index contributed by atoms with van der Waals surface area (Å²) in [5.41, 5.74) is 3.94. The van der Waals surface area contributed by atoms with Crippen LogP contribution in [0, 0.1) is 0 Å². The van der Waals surface area contributed by atoms with Gasteiger partial charge in [0.15, 0.2) is 0 Å². The molecule has 2 nitrogen and oxygen atoms in total. The molecule has 1 aliphatic rings. The van der Waals surface area contributed by atoms with Crippen molar-refractivity contribution in [2.24, 2.45) is 0 Å². The summed E-state index contributed by atoms with van der Waals surface area (Å²) in [5.74, 6) is 0.603. The molecular formula is C18H24N2S. The van der Waals surface area contributed by atoms with Gasteiger partial charge in [0.1, 0.15) is 0 Å². The van der Waals surface area contributed by atoms with Gasteiger partial charge in [-0.1, -0.05) is 45.0 Å². The molecule has 3 rings (SSSR count). The van der Waals surface area contributed by atoms with Gasteiger partial charge in [0.05, 0.1) is 10.7 Å². The summed E-state index contributed by atoms with van der Waals surface area (Å²) in [4.78, 5) is 4.87. The Morgan fingerprint density at radius 3 is 2.57 bits per heavy atom. The molecule has 0 amide bonds. The van der Waals surface area contributed by atoms with Crippen LogP contribution in [0.25, 0.3) is 11.3 Å². The number of piperidine rings is 1. The first-order valence-electron chi connectivity index (χ1n) is 7.81. The standard InChI is InChI=1S/C18H24N2S/c1-18(2,3)15-8-6-13(7-9-15)16-12-21-17(20-16)14-5-4-10-19-11-14/h6-9,12,14,19H,4-5,10-11H2,1-3H3. The van der Waals surface area contributed by atoms with Gasteiger partial charge in [-0.25, -0.2) is 4.98 Å². The molecule has 0 radical (unpaired) electrons. The first kappa shape index (κ1) is 14.7. The highest BCUT2D eigenvalue weighted by Crippen LogP contribution is 2.31. The minimum atomic E-state index is 0.208. The van der Waals surface area contributed by atoms with Gasteiger partial charge in [0.25, 0.3) is 0 Å². The molecule has 1 saturated heterocycles. The maximum Gasteiger partial charge on any atom is 0.0976 e. The topological polar surface area (TPSA) is 24.9 Å². The van der Waals surface area contributed by atoms with Crippen LogP contribution in [-0.4, -0.2) is 18.1 Å². The number of nitrogens with one attached hydrogen (secondary N) is 1. The van der Waals surface area contributed by atoms with Crippen LogP contribution in [0.2, 0.25) is 0 Å². The molecule has 1 unspecified atom stereocenters. The number of nitrogens with zero attached hydrogens (tertiary/aromatic N) is 1. The molecule has 1 N–H and O–H groups in total. The van der Waals surface area contributed by atoms with Crippen LogP contribution in [0.4, 0.5) is 0 Å². The summed E-state index contributed by atoms with van der Waals surface area (Å²) in [6.07, 6.45) is 2.53. The lowest BCUT2D eigenvalue weighted by molar-refractivity contribution is 0.460. The van der Waals surface area contributed by atoms with Gasteiger partial charge < -0.3 is 5.32 Å². The molecule has 1 atom stereocenters. The monoisotopic (exact) mass is 300 g/mol. The van der Waals surface area contributed by atoms with E-state index in [1.54, 1.807) is 0 Å². The average molecular weight is 300 g/mol. The zero-order valence-corrected chi connectivity index (χ0v) is 14.0. The number of rotatable bonds is 2. The van der Waals surface area contributed by atoms with Gasteiger partial charge in [0.2, 0.25) is 0 Å². The van der Waals surface area contributed by atoms with E-state index in [0.29, 0.717) is 5.92 Å². The number of hydrogen-bond acceptors (Lipinski definition) is 3. The fourth-order valence-electron chi connectivity index (χ4n) is 2.81. The van der Waals surface area contributed by atoms with Crippen molar-refractivity contribution in [2.45, 2.75) is 44.9 Å². The zero-order chi connectivity index (χ0) is 14.9. The Labute approximate surface area is 131 Å². The normalized spacial score (nSPS) is 19.7. The molecule has 0 spiro atoms. The molecule has 0 bridgehead atoms. The molecule has 2 heterocycles. The van der Waals surface area contributed by atoms with E-state index in [-0.39, 0.29) is 5.41 Å². The van der Waals surface area contributed by atoms with E-state index in [9.17, 15) is 0 Å². The summed E-state index contributed by atoms with van der Waals surface area (Å²) in [6, 6.07) is 8.88. The van der Waals surface area contributed by atoms with Gasteiger partial charge in [-0.3, -0.25) is 0 Å². The third-order valence-corrected chi connectivity index (χ3v) is 5.22. The van der Waals surface area contributed by atoms with Crippen molar-refractivity contribution in [1.29, 1.82) is 0 Å². The van der Waals surface area contributed by atoms with E-state index >= 15 is 0 Å². The molecule has 1 aromatic carbocycles. The predicted molar refractivity (Wildman–Crippen MR) is 91.1 cm³/mol. The van der Waals surface area contributed by atoms with Crippen LogP contribution < -0.4 is 5.32 Å². The highest BCUT2D eigenvalue weighted by atomic mass is 32.1. The molecule has 112 valence electrons. The Kier molecular flexibility index (Phi) is 4.14. The molecular weight excluding hydrogens is 276 g/mol. The van der Waals surface area contributed by atoms with Crippen molar-refractivity contribution in [1.82, 2.24) is 10.3 Å². The first-order valence-corrected chi connectivity index (χ1v) is 8.69. The Balaban J connectivity index is 1.79. The van der Waals surface area contributed by atoms with E-state index in [4.69, 9.17) is 4.98 Å². The smallest absolute Gasteiger partial charge is 0.0976 e. The summed E-state index contributed by atoms with van der Waals surface area (Å²) in [6.45, 7) is 8.98. The van der Waals surface area contributed by atoms with Crippen LogP contribution in [0.3, 0.4) is 0 Å². The van der Waals surface area contributed by atoms with Gasteiger partial charge in [-0.15, -0.1) is 11.3 Å². The SMILES string of the molecule is CC(C)(C)c1ccc(-c2csc(C3CCCNC3)n2)cc1. The third-order valence-electron chi connectivity index (χ3n) is 4.21. The fourth-order valence-corrected chi connectivity index (χ4v) is 3.78. The zero-order valence-electron chi connectivity index (χ0n) is 13.1. The molecule has 1 aromatic heterocycles. The van der Waals surface area contributed by atoms with E-state index in [1.165, 1.54) is 29.0 Å². The maximum absolute atomic E-state index is 4.87. The Hall–Kier alpha value is -1.19. The molecule has 3 heteroatoms. The number of hydrogen-bond donors (Lipinski definition) is 1. The van der Waals surface area contributed by atoms with Crippen LogP contribution in [-0.2, 0) is 5.41 Å². The lowest BCUT2D eigenvalue weighted by Gasteiger charge is -2.20. The number of benzene rings is 1. The van der Waals surface area contributed by atoms with Crippen molar-refractivity contribution in [3.05, 3.63) is 40.2 Å². The van der Waals surface area contributed by atoms with Gasteiger partial charge >= 0.3 is 0 Å². The molecule has 2 aromatic rings. The van der Waals surface area contributed by atoms with Crippen molar-refractivity contribution >= 4 is 11.3 Å². The average Bonchev–Trinajstić information content (AvgIpc) is 2.97. The fraction of sp³-hybridized carbons (Fsp3) is 0.500. The second-order valence-electron chi connectivity index (χ2n) is 6.94. The minimum absolute atomic E-state index is 0.208. The lowest BCUT2D eigenvalue weighted by atomic mass is 9.86. The first-order chi connectivity index (χ1) is 10.0. The highest BCUT2D eigenvalue weighted by Gasteiger charge is 2.19. The van der Waals surface area contributed by atoms with E-state index in [1.807, 2.05) is 11.3 Å². The van der Waals surface area contributed by atoms with Crippen molar-refractivity contribution in [2.75, 3.05) is 13.1 Å². The van der Waals surface area contributed by atoms with Gasteiger partial charge in [-0.05, 0) is 30.4 Å². The summed E-state index contributed by atoms with van der Waals surface area (Å²) >= 11 is 1.81. The summed E-state index contributed by atoms with van der Waals surface area (Å²) in [5, 5.41) is 6.97. The van der Waals surface area contributed by atoms with E-state index in [0.717, 1.165) is 18.8 Å². The molecule has 1 aliphatic heterocycles. The molecule has 1 fully saturated rings. The largest absolute Gasteiger partial charge is 0.316 e. The number of aromatic nitrogens is 1. The van der Waals surface area contributed by atoms with Crippen LogP contribution in [0.15, 0.2) is 29.6 Å². The second-order valence-corrected chi connectivity index (χ2v) is 7.83. The molecule has 21 heavy (non-hydrogen) atoms. The van der Waals surface area contributed by atoms with Crippen LogP contribution >= 0.6 is 11.3 Å². The van der Waals surface area contributed by atoms with E-state index < -0.39 is 0 Å². The lowest BCUT2D eigenvalue weighted by Crippen LogP contribution is -2.28. The van der Waals surface area contributed by atoms with Crippen molar-refractivity contribution < 1.29 is 0 Å². The highest BCUT2D eigenvalue weighted by molar-refractivity contribution is 7.10. The van der Waals surface area contributed by atoms with Crippen molar-refractivity contribution in [3.63, 3.8) is 0 Å². The van der Waals surface area contributed by atoms with E-state index in [2.05, 4.69) is 55.7 Å². The third kappa shape index (κ3) is 3.35. The Bertz CT molecular complexity index is 586. The van der Waals surface area contributed by atoms with Gasteiger partial charge in [0, 0.05) is 23.4 Å². The summed E-state index contributed by atoms with van der Waals surface area (Å²) < 4.78 is 0.